The summed E-state index contributed by atoms with van der Waals surface area (Å²) in [6.07, 6.45) is 0. The Kier molecular flexibility index (Phi) is 3.58. The van der Waals surface area contributed by atoms with Gasteiger partial charge in [-0.25, -0.2) is 9.97 Å². The number of nitrogens with one attached hydrogen (secondary N) is 1. The van der Waals surface area contributed by atoms with Crippen molar-refractivity contribution in [1.29, 1.82) is 0 Å². The highest BCUT2D eigenvalue weighted by molar-refractivity contribution is 6.29. The van der Waals surface area contributed by atoms with Crippen LogP contribution >= 0.6 is 11.6 Å². The van der Waals surface area contributed by atoms with Crippen molar-refractivity contribution in [2.24, 2.45) is 0 Å². The number of hydrogen-bond donors (Lipinski definition) is 1. The summed E-state index contributed by atoms with van der Waals surface area (Å²) in [5, 5.41) is 3.02. The molecule has 5 heteroatoms. The molecule has 0 saturated carbocycles. The number of rotatable bonds is 2. The third kappa shape index (κ3) is 3.05. The maximum Gasteiger partial charge on any atom is 0.256 e. The second kappa shape index (κ2) is 5.14. The molecular weight excluding hydrogens is 250 g/mol. The van der Waals surface area contributed by atoms with Crippen LogP contribution in [0.15, 0.2) is 30.3 Å². The normalized spacial score (nSPS) is 10.2. The van der Waals surface area contributed by atoms with Gasteiger partial charge >= 0.3 is 0 Å². The number of anilines is 1. The summed E-state index contributed by atoms with van der Waals surface area (Å²) in [4.78, 5) is 20.2. The number of amides is 1. The molecule has 2 rings (SSSR count). The van der Waals surface area contributed by atoms with E-state index in [1.165, 1.54) is 6.07 Å². The van der Waals surface area contributed by atoms with Crippen LogP contribution in [0.4, 0.5) is 5.82 Å². The summed E-state index contributed by atoms with van der Waals surface area (Å²) >= 11 is 5.82. The number of carbonyl (C=O) groups excluding carboxylic acids is 1. The third-order valence-electron chi connectivity index (χ3n) is 2.31. The number of carbonyl (C=O) groups is 1. The molecule has 1 amide bonds. The predicted octanol–water partition coefficient (Wildman–Crippen LogP) is 3.00. The molecule has 0 unspecified atom stereocenters. The molecule has 0 radical (unpaired) electrons. The lowest BCUT2D eigenvalue weighted by atomic mass is 10.2. The Balaban J connectivity index is 2.22. The van der Waals surface area contributed by atoms with Gasteiger partial charge in [0, 0.05) is 17.0 Å². The van der Waals surface area contributed by atoms with Crippen molar-refractivity contribution >= 4 is 23.3 Å². The SMILES string of the molecule is Cc1cc(C(=O)Nc2cccc(C)n2)cc(Cl)n1. The maximum absolute atomic E-state index is 12.0. The molecule has 0 spiro atoms. The van der Waals surface area contributed by atoms with Crippen molar-refractivity contribution in [3.05, 3.63) is 52.4 Å². The van der Waals surface area contributed by atoms with Gasteiger partial charge in [0.25, 0.3) is 5.91 Å². The molecule has 0 atom stereocenters. The van der Waals surface area contributed by atoms with E-state index < -0.39 is 0 Å². The van der Waals surface area contributed by atoms with E-state index in [-0.39, 0.29) is 5.91 Å². The first-order valence-electron chi connectivity index (χ1n) is 5.44. The Bertz CT molecular complexity index is 578. The fourth-order valence-corrected chi connectivity index (χ4v) is 1.81. The average Bonchev–Trinajstić information content (AvgIpc) is 2.27. The van der Waals surface area contributed by atoms with Gasteiger partial charge < -0.3 is 5.32 Å². The topological polar surface area (TPSA) is 54.9 Å². The minimum atomic E-state index is -0.250. The molecule has 0 aliphatic carbocycles. The molecule has 92 valence electrons. The summed E-state index contributed by atoms with van der Waals surface area (Å²) in [5.41, 5.74) is 2.01. The number of aryl methyl sites for hydroxylation is 2. The van der Waals surface area contributed by atoms with E-state index in [1.54, 1.807) is 19.1 Å². The van der Waals surface area contributed by atoms with E-state index in [2.05, 4.69) is 15.3 Å². The molecule has 2 aromatic rings. The van der Waals surface area contributed by atoms with E-state index >= 15 is 0 Å². The summed E-state index contributed by atoms with van der Waals surface area (Å²) in [6, 6.07) is 8.64. The second-order valence-corrected chi connectivity index (χ2v) is 4.33. The van der Waals surface area contributed by atoms with Crippen molar-refractivity contribution in [1.82, 2.24) is 9.97 Å². The highest BCUT2D eigenvalue weighted by Crippen LogP contribution is 2.12. The van der Waals surface area contributed by atoms with E-state index in [1.807, 2.05) is 19.1 Å². The number of hydrogen-bond acceptors (Lipinski definition) is 3. The lowest BCUT2D eigenvalue weighted by Crippen LogP contribution is -2.13. The Morgan fingerprint density at radius 2 is 1.94 bits per heavy atom. The third-order valence-corrected chi connectivity index (χ3v) is 2.51. The Labute approximate surface area is 110 Å². The highest BCUT2D eigenvalue weighted by atomic mass is 35.5. The van der Waals surface area contributed by atoms with Crippen LogP contribution in [0.25, 0.3) is 0 Å². The Hall–Kier alpha value is -1.94. The predicted molar refractivity (Wildman–Crippen MR) is 70.9 cm³/mol. The lowest BCUT2D eigenvalue weighted by Gasteiger charge is -2.06. The first kappa shape index (κ1) is 12.5. The summed E-state index contributed by atoms with van der Waals surface area (Å²) in [7, 11) is 0. The number of pyridine rings is 2. The number of nitrogens with zero attached hydrogens (tertiary/aromatic N) is 2. The Morgan fingerprint density at radius 1 is 1.17 bits per heavy atom. The van der Waals surface area contributed by atoms with Crippen LogP contribution in [0.5, 0.6) is 0 Å². The van der Waals surface area contributed by atoms with Crippen LogP contribution in [0, 0.1) is 13.8 Å². The summed E-state index contributed by atoms with van der Waals surface area (Å²) < 4.78 is 0. The van der Waals surface area contributed by atoms with Crippen molar-refractivity contribution in [3.8, 4) is 0 Å². The standard InChI is InChI=1S/C13H12ClN3O/c1-8-4-3-5-12(16-8)17-13(18)10-6-9(2)15-11(14)7-10/h3-7H,1-2H3,(H,16,17,18). The zero-order valence-corrected chi connectivity index (χ0v) is 10.8. The van der Waals surface area contributed by atoms with Crippen molar-refractivity contribution < 1.29 is 4.79 Å². The zero-order valence-electron chi connectivity index (χ0n) is 10.1. The molecule has 0 aromatic carbocycles. The van der Waals surface area contributed by atoms with Crippen molar-refractivity contribution in [2.75, 3.05) is 5.32 Å². The van der Waals surface area contributed by atoms with Crippen LogP contribution in [-0.4, -0.2) is 15.9 Å². The Morgan fingerprint density at radius 3 is 2.61 bits per heavy atom. The fourth-order valence-electron chi connectivity index (χ4n) is 1.56. The zero-order chi connectivity index (χ0) is 13.1. The molecule has 0 aliphatic rings. The monoisotopic (exact) mass is 261 g/mol. The van der Waals surface area contributed by atoms with E-state index in [9.17, 15) is 4.79 Å². The lowest BCUT2D eigenvalue weighted by molar-refractivity contribution is 0.102. The smallest absolute Gasteiger partial charge is 0.256 e. The summed E-state index contributed by atoms with van der Waals surface area (Å²) in [5.74, 6) is 0.270. The molecule has 0 fully saturated rings. The van der Waals surface area contributed by atoms with Crippen LogP contribution < -0.4 is 5.32 Å². The number of aromatic nitrogens is 2. The van der Waals surface area contributed by atoms with E-state index in [0.29, 0.717) is 22.2 Å². The van der Waals surface area contributed by atoms with Gasteiger partial charge in [-0.15, -0.1) is 0 Å². The summed E-state index contributed by atoms with van der Waals surface area (Å²) in [6.45, 7) is 3.65. The first-order chi connectivity index (χ1) is 8.54. The maximum atomic E-state index is 12.0. The highest BCUT2D eigenvalue weighted by Gasteiger charge is 2.09. The second-order valence-electron chi connectivity index (χ2n) is 3.94. The van der Waals surface area contributed by atoms with E-state index in [0.717, 1.165) is 5.69 Å². The molecule has 0 aliphatic heterocycles. The van der Waals surface area contributed by atoms with Crippen molar-refractivity contribution in [2.45, 2.75) is 13.8 Å². The fraction of sp³-hybridized carbons (Fsp3) is 0.154. The molecule has 4 nitrogen and oxygen atoms in total. The van der Waals surface area contributed by atoms with Crippen molar-refractivity contribution in [3.63, 3.8) is 0 Å². The minimum absolute atomic E-state index is 0.250. The van der Waals surface area contributed by atoms with Gasteiger partial charge in [0.1, 0.15) is 11.0 Å². The van der Waals surface area contributed by atoms with Crippen LogP contribution in [0.3, 0.4) is 0 Å². The van der Waals surface area contributed by atoms with Gasteiger partial charge in [-0.2, -0.15) is 0 Å². The van der Waals surface area contributed by atoms with Gasteiger partial charge in [-0.1, -0.05) is 17.7 Å². The molecule has 2 heterocycles. The largest absolute Gasteiger partial charge is 0.307 e. The van der Waals surface area contributed by atoms with Gasteiger partial charge in [0.05, 0.1) is 0 Å². The number of halogens is 1. The molecule has 1 N–H and O–H groups in total. The van der Waals surface area contributed by atoms with Gasteiger partial charge in [-0.05, 0) is 38.1 Å². The molecule has 18 heavy (non-hydrogen) atoms. The van der Waals surface area contributed by atoms with Crippen LogP contribution in [0.2, 0.25) is 5.15 Å². The molecular formula is C13H12ClN3O. The van der Waals surface area contributed by atoms with Gasteiger partial charge in [0.2, 0.25) is 0 Å². The van der Waals surface area contributed by atoms with Gasteiger partial charge in [-0.3, -0.25) is 4.79 Å². The molecule has 0 saturated heterocycles. The van der Waals surface area contributed by atoms with Crippen LogP contribution in [0.1, 0.15) is 21.7 Å². The minimum Gasteiger partial charge on any atom is -0.307 e. The molecule has 0 bridgehead atoms. The van der Waals surface area contributed by atoms with Crippen LogP contribution in [-0.2, 0) is 0 Å². The van der Waals surface area contributed by atoms with E-state index in [4.69, 9.17) is 11.6 Å². The van der Waals surface area contributed by atoms with Gasteiger partial charge in [0.15, 0.2) is 0 Å². The quantitative estimate of drug-likeness (QED) is 0.846. The first-order valence-corrected chi connectivity index (χ1v) is 5.81. The average molecular weight is 262 g/mol. The molecule has 2 aromatic heterocycles.